The second kappa shape index (κ2) is 10.6. The first-order chi connectivity index (χ1) is 14.6. The van der Waals surface area contributed by atoms with E-state index in [2.05, 4.69) is 43.4 Å². The monoisotopic (exact) mass is 401 g/mol. The van der Waals surface area contributed by atoms with Gasteiger partial charge in [-0.15, -0.1) is 0 Å². The molecule has 0 unspecified atom stereocenters. The molecule has 0 heterocycles. The molecule has 3 rings (SSSR count). The Labute approximate surface area is 180 Å². The average molecular weight is 402 g/mol. The molecule has 0 aliphatic heterocycles. The minimum atomic E-state index is -0.0180. The van der Waals surface area contributed by atoms with E-state index < -0.39 is 0 Å². The standard InChI is InChI=1S/C27H31NO2/c1-20(2)18-26(23-14-16-24(30-3)17-15-23)28-27(29)19-25(21-10-6-4-7-11-21)22-12-8-5-9-13-22/h4-17,20,25-26H,18-19H2,1-3H3,(H,28,29)/t26-/m0/s1. The number of methoxy groups -OCH3 is 1. The molecule has 0 fully saturated rings. The zero-order valence-electron chi connectivity index (χ0n) is 18.0. The molecule has 3 heteroatoms. The molecule has 1 N–H and O–H groups in total. The van der Waals surface area contributed by atoms with E-state index >= 15 is 0 Å². The summed E-state index contributed by atoms with van der Waals surface area (Å²) < 4.78 is 5.27. The number of rotatable bonds is 9. The Morgan fingerprint density at radius 1 is 0.800 bits per heavy atom. The van der Waals surface area contributed by atoms with E-state index in [-0.39, 0.29) is 17.9 Å². The van der Waals surface area contributed by atoms with E-state index in [0.29, 0.717) is 12.3 Å². The molecule has 0 spiro atoms. The van der Waals surface area contributed by atoms with Crippen molar-refractivity contribution < 1.29 is 9.53 Å². The summed E-state index contributed by atoms with van der Waals surface area (Å²) in [5.41, 5.74) is 3.42. The zero-order valence-corrected chi connectivity index (χ0v) is 18.0. The third-order valence-electron chi connectivity index (χ3n) is 5.35. The average Bonchev–Trinajstić information content (AvgIpc) is 2.78. The molecule has 0 saturated heterocycles. The summed E-state index contributed by atoms with van der Waals surface area (Å²) >= 11 is 0. The Morgan fingerprint density at radius 3 is 1.80 bits per heavy atom. The summed E-state index contributed by atoms with van der Waals surface area (Å²) in [5, 5.41) is 3.29. The summed E-state index contributed by atoms with van der Waals surface area (Å²) in [6.45, 7) is 4.36. The van der Waals surface area contributed by atoms with Crippen molar-refractivity contribution in [3.8, 4) is 5.75 Å². The molecule has 0 aliphatic carbocycles. The molecule has 0 radical (unpaired) electrons. The van der Waals surface area contributed by atoms with E-state index in [9.17, 15) is 4.79 Å². The second-order valence-electron chi connectivity index (χ2n) is 8.10. The SMILES string of the molecule is COc1ccc([C@H](CC(C)C)NC(=O)CC(c2ccccc2)c2ccccc2)cc1. The van der Waals surface area contributed by atoms with Crippen LogP contribution in [0.5, 0.6) is 5.75 Å². The van der Waals surface area contributed by atoms with Crippen molar-refractivity contribution >= 4 is 5.91 Å². The predicted octanol–water partition coefficient (Wildman–Crippen LogP) is 6.12. The molecular weight excluding hydrogens is 370 g/mol. The number of ether oxygens (including phenoxy) is 1. The first-order valence-corrected chi connectivity index (χ1v) is 10.6. The number of carbonyl (C=O) groups excluding carboxylic acids is 1. The summed E-state index contributed by atoms with van der Waals surface area (Å²) in [6.07, 6.45) is 1.30. The number of benzene rings is 3. The van der Waals surface area contributed by atoms with Crippen molar-refractivity contribution in [2.75, 3.05) is 7.11 Å². The fourth-order valence-corrected chi connectivity index (χ4v) is 3.82. The van der Waals surface area contributed by atoms with Gasteiger partial charge in [0.05, 0.1) is 13.2 Å². The molecule has 156 valence electrons. The van der Waals surface area contributed by atoms with E-state index in [4.69, 9.17) is 4.74 Å². The molecule has 3 nitrogen and oxygen atoms in total. The highest BCUT2D eigenvalue weighted by atomic mass is 16.5. The normalized spacial score (nSPS) is 12.0. The highest BCUT2D eigenvalue weighted by Crippen LogP contribution is 2.29. The van der Waals surface area contributed by atoms with E-state index in [1.807, 2.05) is 60.7 Å². The van der Waals surface area contributed by atoms with Gasteiger partial charge in [0.1, 0.15) is 5.75 Å². The van der Waals surface area contributed by atoms with E-state index in [1.54, 1.807) is 7.11 Å². The van der Waals surface area contributed by atoms with Crippen LogP contribution in [0.3, 0.4) is 0 Å². The molecule has 3 aromatic rings. The lowest BCUT2D eigenvalue weighted by molar-refractivity contribution is -0.122. The summed E-state index contributed by atoms with van der Waals surface area (Å²) in [4.78, 5) is 13.2. The smallest absolute Gasteiger partial charge is 0.221 e. The third-order valence-corrected chi connectivity index (χ3v) is 5.35. The Kier molecular flexibility index (Phi) is 7.67. The molecule has 0 aromatic heterocycles. The molecular formula is C27H31NO2. The van der Waals surface area contributed by atoms with Crippen LogP contribution in [0.2, 0.25) is 0 Å². The van der Waals surface area contributed by atoms with Gasteiger partial charge in [-0.3, -0.25) is 4.79 Å². The fourth-order valence-electron chi connectivity index (χ4n) is 3.82. The lowest BCUT2D eigenvalue weighted by atomic mass is 9.88. The first kappa shape index (κ1) is 21.6. The highest BCUT2D eigenvalue weighted by molar-refractivity contribution is 5.78. The van der Waals surface area contributed by atoms with Crippen molar-refractivity contribution in [1.29, 1.82) is 0 Å². The van der Waals surface area contributed by atoms with Gasteiger partial charge in [0.2, 0.25) is 5.91 Å². The Balaban J connectivity index is 1.79. The van der Waals surface area contributed by atoms with Gasteiger partial charge < -0.3 is 10.1 Å². The van der Waals surface area contributed by atoms with Gasteiger partial charge in [-0.05, 0) is 41.2 Å². The zero-order chi connectivity index (χ0) is 21.3. The van der Waals surface area contributed by atoms with Gasteiger partial charge in [-0.1, -0.05) is 86.6 Å². The van der Waals surface area contributed by atoms with Crippen LogP contribution in [0.1, 0.15) is 55.3 Å². The van der Waals surface area contributed by atoms with Gasteiger partial charge in [0.15, 0.2) is 0 Å². The quantitative estimate of drug-likeness (QED) is 0.469. The van der Waals surface area contributed by atoms with Crippen molar-refractivity contribution in [2.45, 2.75) is 38.6 Å². The maximum atomic E-state index is 13.2. The van der Waals surface area contributed by atoms with Gasteiger partial charge in [-0.2, -0.15) is 0 Å². The highest BCUT2D eigenvalue weighted by Gasteiger charge is 2.21. The molecule has 0 bridgehead atoms. The van der Waals surface area contributed by atoms with Gasteiger partial charge in [-0.25, -0.2) is 0 Å². The number of amides is 1. The summed E-state index contributed by atoms with van der Waals surface area (Å²) in [7, 11) is 1.66. The van der Waals surface area contributed by atoms with Crippen LogP contribution in [0.25, 0.3) is 0 Å². The Bertz CT molecular complexity index is 865. The van der Waals surface area contributed by atoms with Crippen molar-refractivity contribution in [3.05, 3.63) is 102 Å². The number of nitrogens with one attached hydrogen (secondary N) is 1. The lowest BCUT2D eigenvalue weighted by Crippen LogP contribution is -2.30. The maximum absolute atomic E-state index is 13.2. The molecule has 0 saturated carbocycles. The molecule has 1 atom stereocenters. The largest absolute Gasteiger partial charge is 0.497 e. The number of hydrogen-bond donors (Lipinski definition) is 1. The lowest BCUT2D eigenvalue weighted by Gasteiger charge is -2.24. The van der Waals surface area contributed by atoms with Gasteiger partial charge in [0.25, 0.3) is 0 Å². The van der Waals surface area contributed by atoms with E-state index in [1.165, 1.54) is 0 Å². The predicted molar refractivity (Wildman–Crippen MR) is 123 cm³/mol. The van der Waals surface area contributed by atoms with Crippen LogP contribution in [0, 0.1) is 5.92 Å². The molecule has 30 heavy (non-hydrogen) atoms. The van der Waals surface area contributed by atoms with Crippen LogP contribution in [0.4, 0.5) is 0 Å². The van der Waals surface area contributed by atoms with Gasteiger partial charge in [0, 0.05) is 12.3 Å². The topological polar surface area (TPSA) is 38.3 Å². The van der Waals surface area contributed by atoms with Gasteiger partial charge >= 0.3 is 0 Å². The Morgan fingerprint density at radius 2 is 1.33 bits per heavy atom. The van der Waals surface area contributed by atoms with Crippen LogP contribution in [-0.4, -0.2) is 13.0 Å². The van der Waals surface area contributed by atoms with Crippen LogP contribution >= 0.6 is 0 Å². The van der Waals surface area contributed by atoms with Crippen LogP contribution < -0.4 is 10.1 Å². The second-order valence-corrected chi connectivity index (χ2v) is 8.10. The third kappa shape index (κ3) is 5.96. The summed E-state index contributed by atoms with van der Waals surface area (Å²) in [5.74, 6) is 1.38. The minimum Gasteiger partial charge on any atom is -0.497 e. The van der Waals surface area contributed by atoms with Crippen molar-refractivity contribution in [3.63, 3.8) is 0 Å². The minimum absolute atomic E-state index is 0.0180. The molecule has 3 aromatic carbocycles. The fraction of sp³-hybridized carbons (Fsp3) is 0.296. The van der Waals surface area contributed by atoms with Crippen LogP contribution in [-0.2, 0) is 4.79 Å². The number of carbonyl (C=O) groups is 1. The van der Waals surface area contributed by atoms with E-state index in [0.717, 1.165) is 28.9 Å². The first-order valence-electron chi connectivity index (χ1n) is 10.6. The Hall–Kier alpha value is -3.07. The number of hydrogen-bond acceptors (Lipinski definition) is 2. The van der Waals surface area contributed by atoms with Crippen LogP contribution in [0.15, 0.2) is 84.9 Å². The molecule has 0 aliphatic rings. The van der Waals surface area contributed by atoms with Crippen molar-refractivity contribution in [1.82, 2.24) is 5.32 Å². The summed E-state index contributed by atoms with van der Waals surface area (Å²) in [6, 6.07) is 28.5. The molecule has 1 amide bonds. The maximum Gasteiger partial charge on any atom is 0.221 e. The van der Waals surface area contributed by atoms with Crippen molar-refractivity contribution in [2.24, 2.45) is 5.92 Å².